The minimum Gasteiger partial charge on any atom is -0.383 e. The molecule has 2 fully saturated rings. The van der Waals surface area contributed by atoms with Crippen molar-refractivity contribution in [2.24, 2.45) is 4.99 Å². The van der Waals surface area contributed by atoms with E-state index in [1.165, 1.54) is 12.8 Å². The Bertz CT molecular complexity index is 443. The number of hydrogen-bond donors (Lipinski definition) is 2. The molecule has 2 rings (SSSR count). The third kappa shape index (κ3) is 6.15. The van der Waals surface area contributed by atoms with Crippen LogP contribution in [0.3, 0.4) is 0 Å². The Morgan fingerprint density at radius 1 is 1.28 bits per heavy atom. The van der Waals surface area contributed by atoms with Crippen molar-refractivity contribution in [1.82, 2.24) is 20.4 Å². The summed E-state index contributed by atoms with van der Waals surface area (Å²) in [6.45, 7) is 10.2. The summed E-state index contributed by atoms with van der Waals surface area (Å²) >= 11 is 0. The maximum Gasteiger partial charge on any atom is 0.222 e. The van der Waals surface area contributed by atoms with Gasteiger partial charge in [-0.15, -0.1) is 0 Å². The highest BCUT2D eigenvalue weighted by Gasteiger charge is 2.27. The maximum atomic E-state index is 11.8. The molecule has 2 heterocycles. The zero-order chi connectivity index (χ0) is 18.1. The minimum absolute atomic E-state index is 0.242. The van der Waals surface area contributed by atoms with E-state index in [4.69, 9.17) is 9.73 Å². The van der Waals surface area contributed by atoms with Crippen LogP contribution in [0.4, 0.5) is 0 Å². The lowest BCUT2D eigenvalue weighted by Gasteiger charge is -2.23. The largest absolute Gasteiger partial charge is 0.383 e. The van der Waals surface area contributed by atoms with Crippen molar-refractivity contribution in [1.29, 1.82) is 0 Å². The van der Waals surface area contributed by atoms with Crippen molar-refractivity contribution in [3.63, 3.8) is 0 Å². The molecule has 2 atom stereocenters. The van der Waals surface area contributed by atoms with Crippen LogP contribution in [-0.4, -0.2) is 86.7 Å². The first-order chi connectivity index (χ1) is 12.2. The smallest absolute Gasteiger partial charge is 0.222 e. The summed E-state index contributed by atoms with van der Waals surface area (Å²) in [5, 5.41) is 6.85. The molecule has 0 bridgehead atoms. The summed E-state index contributed by atoms with van der Waals surface area (Å²) in [7, 11) is 1.75. The molecule has 25 heavy (non-hydrogen) atoms. The highest BCUT2D eigenvalue weighted by Crippen LogP contribution is 2.17. The molecule has 0 aliphatic carbocycles. The molecule has 7 heteroatoms. The summed E-state index contributed by atoms with van der Waals surface area (Å²) in [4.78, 5) is 21.1. The maximum absolute atomic E-state index is 11.8. The minimum atomic E-state index is 0.242. The molecule has 2 unspecified atom stereocenters. The average molecular weight is 354 g/mol. The van der Waals surface area contributed by atoms with E-state index >= 15 is 0 Å². The molecule has 144 valence electrons. The van der Waals surface area contributed by atoms with Gasteiger partial charge in [0.1, 0.15) is 0 Å². The second kappa shape index (κ2) is 10.6. The number of guanidine groups is 1. The quantitative estimate of drug-likeness (QED) is 0.496. The standard InChI is InChI=1S/C18H35N5O2/c1-4-17(24)23-10-8-15(14-23)21-18(19-5-2)20-13-16-7-6-9-22(16)11-12-25-3/h15-16H,4-14H2,1-3H3,(H2,19,20,21). The van der Waals surface area contributed by atoms with Gasteiger partial charge in [-0.1, -0.05) is 6.92 Å². The lowest BCUT2D eigenvalue weighted by atomic mass is 10.2. The zero-order valence-corrected chi connectivity index (χ0v) is 16.1. The zero-order valence-electron chi connectivity index (χ0n) is 16.1. The van der Waals surface area contributed by atoms with Crippen LogP contribution in [0.1, 0.15) is 39.5 Å². The summed E-state index contributed by atoms with van der Waals surface area (Å²) in [5.41, 5.74) is 0. The summed E-state index contributed by atoms with van der Waals surface area (Å²) in [6, 6.07) is 0.800. The van der Waals surface area contributed by atoms with Gasteiger partial charge < -0.3 is 20.3 Å². The lowest BCUT2D eigenvalue weighted by molar-refractivity contribution is -0.129. The van der Waals surface area contributed by atoms with Gasteiger partial charge in [-0.2, -0.15) is 0 Å². The van der Waals surface area contributed by atoms with Gasteiger partial charge >= 0.3 is 0 Å². The number of nitrogens with one attached hydrogen (secondary N) is 2. The van der Waals surface area contributed by atoms with Crippen molar-refractivity contribution in [3.05, 3.63) is 0 Å². The van der Waals surface area contributed by atoms with E-state index in [1.807, 2.05) is 11.8 Å². The molecule has 0 aromatic carbocycles. The number of amides is 1. The van der Waals surface area contributed by atoms with E-state index < -0.39 is 0 Å². The Kier molecular flexibility index (Phi) is 8.48. The molecule has 2 aliphatic rings. The van der Waals surface area contributed by atoms with Crippen molar-refractivity contribution in [2.75, 3.05) is 53.0 Å². The van der Waals surface area contributed by atoms with Crippen LogP contribution in [0.5, 0.6) is 0 Å². The molecule has 2 N–H and O–H groups in total. The average Bonchev–Trinajstić information content (AvgIpc) is 3.26. The molecule has 0 saturated carbocycles. The van der Waals surface area contributed by atoms with Crippen molar-refractivity contribution in [2.45, 2.75) is 51.6 Å². The van der Waals surface area contributed by atoms with Crippen LogP contribution < -0.4 is 10.6 Å². The Labute approximate surface area is 152 Å². The topological polar surface area (TPSA) is 69.2 Å². The van der Waals surface area contributed by atoms with Gasteiger partial charge in [0.25, 0.3) is 0 Å². The van der Waals surface area contributed by atoms with Crippen molar-refractivity contribution < 1.29 is 9.53 Å². The third-order valence-electron chi connectivity index (χ3n) is 5.07. The second-order valence-electron chi connectivity index (χ2n) is 6.87. The van der Waals surface area contributed by atoms with Gasteiger partial charge in [-0.3, -0.25) is 14.7 Å². The number of hydrogen-bond acceptors (Lipinski definition) is 4. The van der Waals surface area contributed by atoms with Crippen LogP contribution in [0.15, 0.2) is 4.99 Å². The first-order valence-corrected chi connectivity index (χ1v) is 9.73. The first-order valence-electron chi connectivity index (χ1n) is 9.73. The molecule has 1 amide bonds. The molecule has 2 aliphatic heterocycles. The summed E-state index contributed by atoms with van der Waals surface area (Å²) in [6.07, 6.45) is 4.01. The highest BCUT2D eigenvalue weighted by atomic mass is 16.5. The summed E-state index contributed by atoms with van der Waals surface area (Å²) < 4.78 is 5.21. The number of methoxy groups -OCH3 is 1. The number of nitrogens with zero attached hydrogens (tertiary/aromatic N) is 3. The van der Waals surface area contributed by atoms with E-state index in [9.17, 15) is 4.79 Å². The number of ether oxygens (including phenoxy) is 1. The van der Waals surface area contributed by atoms with E-state index in [-0.39, 0.29) is 5.91 Å². The number of aliphatic imine (C=N–C) groups is 1. The Hall–Kier alpha value is -1.34. The molecule has 2 saturated heterocycles. The van der Waals surface area contributed by atoms with Crippen molar-refractivity contribution >= 4 is 11.9 Å². The Morgan fingerprint density at radius 3 is 2.84 bits per heavy atom. The fourth-order valence-electron chi connectivity index (χ4n) is 3.64. The number of rotatable bonds is 8. The van der Waals surface area contributed by atoms with Gasteiger partial charge in [-0.05, 0) is 32.7 Å². The van der Waals surface area contributed by atoms with Crippen LogP contribution in [0, 0.1) is 0 Å². The second-order valence-corrected chi connectivity index (χ2v) is 6.87. The molecule has 7 nitrogen and oxygen atoms in total. The predicted molar refractivity (Wildman–Crippen MR) is 101 cm³/mol. The van der Waals surface area contributed by atoms with Gasteiger partial charge in [-0.25, -0.2) is 0 Å². The van der Waals surface area contributed by atoms with Gasteiger partial charge in [0.15, 0.2) is 5.96 Å². The van der Waals surface area contributed by atoms with E-state index in [2.05, 4.69) is 22.5 Å². The van der Waals surface area contributed by atoms with E-state index in [0.717, 1.165) is 58.3 Å². The third-order valence-corrected chi connectivity index (χ3v) is 5.07. The number of carbonyl (C=O) groups is 1. The summed E-state index contributed by atoms with van der Waals surface area (Å²) in [5.74, 6) is 1.11. The first kappa shape index (κ1) is 20.0. The van der Waals surface area contributed by atoms with E-state index in [1.54, 1.807) is 7.11 Å². The van der Waals surface area contributed by atoms with Crippen LogP contribution in [-0.2, 0) is 9.53 Å². The molecule has 0 radical (unpaired) electrons. The highest BCUT2D eigenvalue weighted by molar-refractivity contribution is 5.80. The normalized spacial score (nSPS) is 24.8. The lowest BCUT2D eigenvalue weighted by Crippen LogP contribution is -2.45. The molecular weight excluding hydrogens is 318 g/mol. The molecule has 0 aromatic rings. The SMILES string of the molecule is CCNC(=NCC1CCCN1CCOC)NC1CCN(C(=O)CC)C1. The van der Waals surface area contributed by atoms with Gasteiger partial charge in [0.05, 0.1) is 13.2 Å². The van der Waals surface area contributed by atoms with Crippen LogP contribution in [0.2, 0.25) is 0 Å². The van der Waals surface area contributed by atoms with Gasteiger partial charge in [0.2, 0.25) is 5.91 Å². The van der Waals surface area contributed by atoms with Crippen LogP contribution >= 0.6 is 0 Å². The van der Waals surface area contributed by atoms with Crippen LogP contribution in [0.25, 0.3) is 0 Å². The van der Waals surface area contributed by atoms with E-state index in [0.29, 0.717) is 18.5 Å². The van der Waals surface area contributed by atoms with Gasteiger partial charge in [0, 0.05) is 51.8 Å². The molecule has 0 spiro atoms. The predicted octanol–water partition coefficient (Wildman–Crippen LogP) is 0.663. The fourth-order valence-corrected chi connectivity index (χ4v) is 3.64. The van der Waals surface area contributed by atoms with Crippen molar-refractivity contribution in [3.8, 4) is 0 Å². The molecular formula is C18H35N5O2. The molecule has 0 aromatic heterocycles. The number of carbonyl (C=O) groups excluding carboxylic acids is 1. The Morgan fingerprint density at radius 2 is 2.12 bits per heavy atom. The monoisotopic (exact) mass is 353 g/mol. The fraction of sp³-hybridized carbons (Fsp3) is 0.889. The number of likely N-dealkylation sites (tertiary alicyclic amines) is 2. The Balaban J connectivity index is 1.85.